The zero-order chi connectivity index (χ0) is 24.6. The Balaban J connectivity index is 1.35. The number of nitrogen functional groups attached to an aromatic ring is 1. The Bertz CT molecular complexity index is 1250. The van der Waals surface area contributed by atoms with Crippen LogP contribution in [0, 0.1) is 0 Å². The number of piperidine rings is 1. The highest BCUT2D eigenvalue weighted by Gasteiger charge is 2.42. The Morgan fingerprint density at radius 3 is 2.32 bits per heavy atom. The topological polar surface area (TPSA) is 130 Å². The molecular weight excluding hydrogens is 592 g/mol. The van der Waals surface area contributed by atoms with Crippen LogP contribution in [-0.4, -0.2) is 54.5 Å². The molecule has 9 nitrogen and oxygen atoms in total. The number of carbonyl (C=O) groups is 3. The van der Waals surface area contributed by atoms with E-state index in [0.29, 0.717) is 46.1 Å². The smallest absolute Gasteiger partial charge is 0.336 e. The first-order valence-electron chi connectivity index (χ1n) is 10.6. The molecule has 12 heteroatoms. The summed E-state index contributed by atoms with van der Waals surface area (Å²) < 4.78 is 28.2. The lowest BCUT2D eigenvalue weighted by atomic mass is 10.0. The van der Waals surface area contributed by atoms with Crippen molar-refractivity contribution in [3.8, 4) is 0 Å². The first kappa shape index (κ1) is 24.7. The Morgan fingerprint density at radius 2 is 1.68 bits per heavy atom. The molecule has 0 bridgehead atoms. The van der Waals surface area contributed by atoms with Gasteiger partial charge in [-0.15, -0.1) is 0 Å². The lowest BCUT2D eigenvalue weighted by molar-refractivity contribution is -0.132. The molecule has 0 unspecified atom stereocenters. The Morgan fingerprint density at radius 1 is 1.06 bits per heavy atom. The van der Waals surface area contributed by atoms with Crippen molar-refractivity contribution in [2.45, 2.75) is 36.6 Å². The third kappa shape index (κ3) is 4.71. The molecule has 0 radical (unpaired) electrons. The average Bonchev–Trinajstić information content (AvgIpc) is 2.80. The van der Waals surface area contributed by atoms with Crippen molar-refractivity contribution in [1.82, 2.24) is 9.21 Å². The summed E-state index contributed by atoms with van der Waals surface area (Å²) in [4.78, 5) is 39.5. The molecule has 1 fully saturated rings. The van der Waals surface area contributed by atoms with E-state index in [1.807, 2.05) is 0 Å². The zero-order valence-corrected chi connectivity index (χ0v) is 21.9. The summed E-state index contributed by atoms with van der Waals surface area (Å²) in [5, 5.41) is 2.63. The summed E-state index contributed by atoms with van der Waals surface area (Å²) in [6.45, 7) is 0.606. The summed E-state index contributed by atoms with van der Waals surface area (Å²) in [6, 6.07) is 8.29. The molecule has 2 heterocycles. The Kier molecular flexibility index (Phi) is 7.02. The molecule has 2 aromatic carbocycles. The summed E-state index contributed by atoms with van der Waals surface area (Å²) in [7, 11) is -3.98. The van der Waals surface area contributed by atoms with Crippen molar-refractivity contribution in [2.75, 3.05) is 24.1 Å². The van der Waals surface area contributed by atoms with Crippen molar-refractivity contribution in [3.63, 3.8) is 0 Å². The van der Waals surface area contributed by atoms with Gasteiger partial charge >= 0.3 is 6.03 Å². The van der Waals surface area contributed by atoms with Gasteiger partial charge in [0.15, 0.2) is 5.78 Å². The number of fused-ring (bicyclic) bond motifs is 1. The molecule has 0 aromatic heterocycles. The van der Waals surface area contributed by atoms with Crippen LogP contribution >= 0.6 is 31.9 Å². The molecule has 180 valence electrons. The lowest BCUT2D eigenvalue weighted by Gasteiger charge is -2.39. The van der Waals surface area contributed by atoms with Gasteiger partial charge in [0.2, 0.25) is 5.91 Å². The number of ketones is 1. The number of anilines is 2. The van der Waals surface area contributed by atoms with Crippen molar-refractivity contribution in [2.24, 2.45) is 0 Å². The number of halogens is 2. The van der Waals surface area contributed by atoms with Crippen molar-refractivity contribution in [3.05, 3.63) is 50.9 Å². The van der Waals surface area contributed by atoms with Crippen LogP contribution in [0.5, 0.6) is 0 Å². The number of nitrogens with one attached hydrogen (secondary N) is 1. The Labute approximate surface area is 214 Å². The van der Waals surface area contributed by atoms with Gasteiger partial charge in [-0.25, -0.2) is 17.5 Å². The number of sulfonamides is 1. The largest absolute Gasteiger partial charge is 0.397 e. The summed E-state index contributed by atoms with van der Waals surface area (Å²) in [5.41, 5.74) is 7.05. The first-order valence-corrected chi connectivity index (χ1v) is 13.6. The fourth-order valence-corrected chi connectivity index (χ4v) is 7.07. The third-order valence-corrected chi connectivity index (χ3v) is 9.19. The normalized spacial score (nSPS) is 17.8. The monoisotopic (exact) mass is 612 g/mol. The number of nitrogens with zero attached hydrogens (tertiary/aromatic N) is 2. The molecule has 3 amide bonds. The number of benzene rings is 2. The van der Waals surface area contributed by atoms with Gasteiger partial charge in [-0.05, 0) is 69.0 Å². The van der Waals surface area contributed by atoms with Gasteiger partial charge in [-0.1, -0.05) is 12.1 Å². The molecule has 0 aliphatic carbocycles. The van der Waals surface area contributed by atoms with Gasteiger partial charge in [0.05, 0.1) is 17.4 Å². The van der Waals surface area contributed by atoms with E-state index in [0.717, 1.165) is 4.31 Å². The van der Waals surface area contributed by atoms with Gasteiger partial charge in [-0.2, -0.15) is 0 Å². The maximum absolute atomic E-state index is 13.0. The molecule has 2 aliphatic heterocycles. The van der Waals surface area contributed by atoms with Gasteiger partial charge < -0.3 is 16.0 Å². The van der Waals surface area contributed by atoms with E-state index in [1.165, 1.54) is 6.07 Å². The number of likely N-dealkylation sites (tertiary alicyclic amines) is 1. The second-order valence-electron chi connectivity index (χ2n) is 8.12. The van der Waals surface area contributed by atoms with Crippen LogP contribution in [0.2, 0.25) is 0 Å². The van der Waals surface area contributed by atoms with Crippen molar-refractivity contribution in [1.29, 1.82) is 0 Å². The number of amides is 3. The first-order chi connectivity index (χ1) is 16.1. The lowest BCUT2D eigenvalue weighted by Crippen LogP contribution is -2.53. The van der Waals surface area contributed by atoms with Crippen molar-refractivity contribution < 1.29 is 22.8 Å². The fraction of sp³-hybridized carbons (Fsp3) is 0.318. The number of urea groups is 1. The predicted molar refractivity (Wildman–Crippen MR) is 134 cm³/mol. The average molecular weight is 614 g/mol. The molecule has 0 saturated carbocycles. The Hall–Kier alpha value is -2.44. The molecule has 3 N–H and O–H groups in total. The molecule has 2 aliphatic rings. The number of rotatable bonds is 5. The summed E-state index contributed by atoms with van der Waals surface area (Å²) >= 11 is 6.62. The zero-order valence-electron chi connectivity index (χ0n) is 18.0. The minimum Gasteiger partial charge on any atom is -0.397 e. The quantitative estimate of drug-likeness (QED) is 0.387. The van der Waals surface area contributed by atoms with E-state index in [9.17, 15) is 22.8 Å². The number of nitrogens with two attached hydrogens (primary N) is 1. The van der Waals surface area contributed by atoms with Gasteiger partial charge in [0.25, 0.3) is 10.0 Å². The van der Waals surface area contributed by atoms with Gasteiger partial charge in [-0.3, -0.25) is 9.59 Å². The minimum absolute atomic E-state index is 0.0407. The van der Waals surface area contributed by atoms with E-state index in [-0.39, 0.29) is 35.1 Å². The van der Waals surface area contributed by atoms with E-state index >= 15 is 0 Å². The van der Waals surface area contributed by atoms with E-state index in [1.54, 1.807) is 35.2 Å². The number of hydrogen-bond acceptors (Lipinski definition) is 6. The van der Waals surface area contributed by atoms with Crippen LogP contribution in [0.1, 0.15) is 36.0 Å². The number of hydrogen-bond donors (Lipinski definition) is 2. The molecule has 0 spiro atoms. The minimum atomic E-state index is -3.98. The summed E-state index contributed by atoms with van der Waals surface area (Å²) in [6.07, 6.45) is 0.735. The van der Waals surface area contributed by atoms with Crippen LogP contribution in [0.15, 0.2) is 50.2 Å². The highest BCUT2D eigenvalue weighted by Crippen LogP contribution is 2.34. The standard InChI is InChI=1S/C22H22Br2N4O5S/c23-15-11-13(12-16(24)21(15)25)18(29)5-6-20(30)27-9-7-14(8-10-27)28-22(31)26-17-3-1-2-4-19(17)34(28,32)33/h1-4,11-12,14H,5-10,25H2,(H,26,31). The van der Waals surface area contributed by atoms with E-state index < -0.39 is 22.1 Å². The van der Waals surface area contributed by atoms with Crippen LogP contribution in [0.25, 0.3) is 0 Å². The van der Waals surface area contributed by atoms with E-state index in [2.05, 4.69) is 37.2 Å². The van der Waals surface area contributed by atoms with Crippen LogP contribution in [-0.2, 0) is 14.8 Å². The second kappa shape index (κ2) is 9.67. The SMILES string of the molecule is Nc1c(Br)cc(C(=O)CCC(=O)N2CCC(N3C(=O)Nc4ccccc4S3(=O)=O)CC2)cc1Br. The van der Waals surface area contributed by atoms with Crippen LogP contribution < -0.4 is 11.1 Å². The van der Waals surface area contributed by atoms with E-state index in [4.69, 9.17) is 5.73 Å². The molecule has 0 atom stereocenters. The summed E-state index contributed by atoms with van der Waals surface area (Å²) in [5.74, 6) is -0.365. The highest BCUT2D eigenvalue weighted by molar-refractivity contribution is 9.11. The molecule has 34 heavy (non-hydrogen) atoms. The predicted octanol–water partition coefficient (Wildman–Crippen LogP) is 3.98. The molecule has 4 rings (SSSR count). The number of Topliss-reactive ketones (excluding diaryl/α,β-unsaturated/α-hetero) is 1. The second-order valence-corrected chi connectivity index (χ2v) is 11.6. The number of para-hydroxylation sites is 1. The fourth-order valence-electron chi connectivity index (χ4n) is 4.16. The maximum Gasteiger partial charge on any atom is 0.336 e. The van der Waals surface area contributed by atoms with Crippen molar-refractivity contribution >= 4 is 71.0 Å². The molecule has 2 aromatic rings. The molecular formula is C22H22Br2N4O5S. The van der Waals surface area contributed by atoms with Gasteiger partial charge in [0.1, 0.15) is 4.90 Å². The highest BCUT2D eigenvalue weighted by atomic mass is 79.9. The number of carbonyl (C=O) groups excluding carboxylic acids is 3. The van der Waals surface area contributed by atoms with Crippen LogP contribution in [0.4, 0.5) is 16.2 Å². The molecule has 1 saturated heterocycles. The van der Waals surface area contributed by atoms with Gasteiger partial charge in [0, 0.05) is 40.4 Å². The maximum atomic E-state index is 13.0. The van der Waals surface area contributed by atoms with Crippen LogP contribution in [0.3, 0.4) is 0 Å². The third-order valence-electron chi connectivity index (χ3n) is 5.98.